The second kappa shape index (κ2) is 5.48. The van der Waals surface area contributed by atoms with Crippen LogP contribution < -0.4 is 4.72 Å². The molecule has 6 heteroatoms. The van der Waals surface area contributed by atoms with Crippen LogP contribution in [0.25, 0.3) is 0 Å². The van der Waals surface area contributed by atoms with Gasteiger partial charge in [0.25, 0.3) is 0 Å². The second-order valence-electron chi connectivity index (χ2n) is 2.92. The number of hydrogen-bond donors (Lipinski definition) is 1. The monoisotopic (exact) mass is 293 g/mol. The summed E-state index contributed by atoms with van der Waals surface area (Å²) in [6.45, 7) is 0.376. The minimum atomic E-state index is -3.30. The Bertz CT molecular complexity index is 419. The van der Waals surface area contributed by atoms with Crippen LogP contribution >= 0.6 is 15.9 Å². The largest absolute Gasteiger partial charge is 0.380 e. The molecule has 0 atom stereocenters. The average Bonchev–Trinajstić information content (AvgIpc) is 2.21. The molecule has 84 valence electrons. The van der Waals surface area contributed by atoms with Crippen LogP contribution in [0.3, 0.4) is 0 Å². The summed E-state index contributed by atoms with van der Waals surface area (Å²) in [5.74, 6) is 0. The number of ether oxygens (including phenoxy) is 1. The predicted octanol–water partition coefficient (Wildman–Crippen LogP) is 1.93. The molecule has 1 rings (SSSR count). The van der Waals surface area contributed by atoms with E-state index >= 15 is 0 Å². The molecule has 0 saturated carbocycles. The van der Waals surface area contributed by atoms with Gasteiger partial charge in [0.2, 0.25) is 10.0 Å². The van der Waals surface area contributed by atoms with Gasteiger partial charge >= 0.3 is 0 Å². The lowest BCUT2D eigenvalue weighted by molar-refractivity contribution is 0.185. The fourth-order valence-corrected chi connectivity index (χ4v) is 2.03. The van der Waals surface area contributed by atoms with Crippen molar-refractivity contribution in [2.75, 3.05) is 16.5 Å². The molecule has 0 aliphatic carbocycles. The SMILES string of the molecule is COCc1ccccc1NS(=O)(=O)CBr. The van der Waals surface area contributed by atoms with Gasteiger partial charge < -0.3 is 4.74 Å². The van der Waals surface area contributed by atoms with Crippen LogP contribution in [-0.2, 0) is 21.4 Å². The van der Waals surface area contributed by atoms with Crippen LogP contribution in [0.15, 0.2) is 24.3 Å². The van der Waals surface area contributed by atoms with Crippen LogP contribution in [0, 0.1) is 0 Å². The van der Waals surface area contributed by atoms with Gasteiger partial charge in [0.05, 0.1) is 12.3 Å². The minimum absolute atomic E-state index is 0.124. The van der Waals surface area contributed by atoms with Crippen LogP contribution in [0.1, 0.15) is 5.56 Å². The van der Waals surface area contributed by atoms with Gasteiger partial charge in [-0.1, -0.05) is 34.1 Å². The summed E-state index contributed by atoms with van der Waals surface area (Å²) in [6, 6.07) is 7.12. The topological polar surface area (TPSA) is 55.4 Å². The van der Waals surface area contributed by atoms with E-state index in [1.807, 2.05) is 12.1 Å². The number of benzene rings is 1. The van der Waals surface area contributed by atoms with Crippen LogP contribution in [0.5, 0.6) is 0 Å². The standard InChI is InChI=1S/C9H12BrNO3S/c1-14-6-8-4-2-3-5-9(8)11-15(12,13)7-10/h2-5,11H,6-7H2,1H3. The zero-order chi connectivity index (χ0) is 11.3. The quantitative estimate of drug-likeness (QED) is 0.844. The fraction of sp³-hybridized carbons (Fsp3) is 0.333. The van der Waals surface area contributed by atoms with E-state index in [4.69, 9.17) is 4.74 Å². The molecule has 1 N–H and O–H groups in total. The molecule has 0 bridgehead atoms. The number of para-hydroxylation sites is 1. The summed E-state index contributed by atoms with van der Waals surface area (Å²) in [6.07, 6.45) is 0. The zero-order valence-electron chi connectivity index (χ0n) is 8.23. The first-order valence-electron chi connectivity index (χ1n) is 4.22. The summed E-state index contributed by atoms with van der Waals surface area (Å²) in [7, 11) is -1.74. The number of methoxy groups -OCH3 is 1. The van der Waals surface area contributed by atoms with E-state index in [2.05, 4.69) is 20.7 Å². The highest BCUT2D eigenvalue weighted by molar-refractivity contribution is 9.10. The Morgan fingerprint density at radius 3 is 2.67 bits per heavy atom. The summed E-state index contributed by atoms with van der Waals surface area (Å²) >= 11 is 2.91. The zero-order valence-corrected chi connectivity index (χ0v) is 10.6. The lowest BCUT2D eigenvalue weighted by Gasteiger charge is -2.10. The first-order chi connectivity index (χ1) is 7.09. The molecule has 0 aromatic heterocycles. The van der Waals surface area contributed by atoms with Crippen molar-refractivity contribution >= 4 is 31.6 Å². The van der Waals surface area contributed by atoms with Crippen molar-refractivity contribution in [1.29, 1.82) is 0 Å². The molecular weight excluding hydrogens is 282 g/mol. The van der Waals surface area contributed by atoms with Gasteiger partial charge in [-0.2, -0.15) is 0 Å². The average molecular weight is 294 g/mol. The van der Waals surface area contributed by atoms with E-state index in [1.165, 1.54) is 0 Å². The third-order valence-electron chi connectivity index (χ3n) is 1.73. The molecule has 4 nitrogen and oxygen atoms in total. The maximum absolute atomic E-state index is 11.3. The Kier molecular flexibility index (Phi) is 4.56. The molecule has 0 unspecified atom stereocenters. The molecule has 0 heterocycles. The Morgan fingerprint density at radius 1 is 1.40 bits per heavy atom. The molecule has 0 aliphatic rings. The molecule has 0 radical (unpaired) electrons. The normalized spacial score (nSPS) is 11.3. The minimum Gasteiger partial charge on any atom is -0.380 e. The lowest BCUT2D eigenvalue weighted by atomic mass is 10.2. The summed E-state index contributed by atoms with van der Waals surface area (Å²) in [5, 5.41) is 0. The van der Waals surface area contributed by atoms with E-state index in [-0.39, 0.29) is 4.66 Å². The number of alkyl halides is 1. The Balaban J connectivity index is 2.94. The van der Waals surface area contributed by atoms with Crippen molar-refractivity contribution in [2.45, 2.75) is 6.61 Å². The number of anilines is 1. The van der Waals surface area contributed by atoms with Gasteiger partial charge in [0, 0.05) is 12.7 Å². The van der Waals surface area contributed by atoms with E-state index in [0.29, 0.717) is 12.3 Å². The summed E-state index contributed by atoms with van der Waals surface area (Å²) < 4.78 is 30.0. The third kappa shape index (κ3) is 3.81. The molecule has 0 amide bonds. The van der Waals surface area contributed by atoms with Gasteiger partial charge in [0.15, 0.2) is 0 Å². The first-order valence-corrected chi connectivity index (χ1v) is 6.99. The maximum atomic E-state index is 11.3. The van der Waals surface area contributed by atoms with Crippen molar-refractivity contribution in [2.24, 2.45) is 0 Å². The predicted molar refractivity (Wildman–Crippen MR) is 63.5 cm³/mol. The molecule has 1 aromatic rings. The molecular formula is C9H12BrNO3S. The number of hydrogen-bond acceptors (Lipinski definition) is 3. The molecule has 0 aliphatic heterocycles. The van der Waals surface area contributed by atoms with Crippen molar-refractivity contribution < 1.29 is 13.2 Å². The molecule has 0 saturated heterocycles. The van der Waals surface area contributed by atoms with Crippen LogP contribution in [0.4, 0.5) is 5.69 Å². The smallest absolute Gasteiger partial charge is 0.242 e. The maximum Gasteiger partial charge on any atom is 0.242 e. The Labute approximate surface area is 97.8 Å². The van der Waals surface area contributed by atoms with Gasteiger partial charge in [-0.05, 0) is 6.07 Å². The van der Waals surface area contributed by atoms with Crippen molar-refractivity contribution in [3.8, 4) is 0 Å². The van der Waals surface area contributed by atoms with Crippen LogP contribution in [0.2, 0.25) is 0 Å². The highest BCUT2D eigenvalue weighted by Crippen LogP contribution is 2.17. The molecule has 0 spiro atoms. The summed E-state index contributed by atoms with van der Waals surface area (Å²) in [5.41, 5.74) is 1.36. The number of rotatable bonds is 5. The van der Waals surface area contributed by atoms with Crippen LogP contribution in [-0.4, -0.2) is 20.2 Å². The third-order valence-corrected chi connectivity index (χ3v) is 4.35. The first kappa shape index (κ1) is 12.5. The number of nitrogens with one attached hydrogen (secondary N) is 1. The lowest BCUT2D eigenvalue weighted by Crippen LogP contribution is -2.14. The molecule has 1 aromatic carbocycles. The molecule has 15 heavy (non-hydrogen) atoms. The second-order valence-corrected chi connectivity index (χ2v) is 5.94. The van der Waals surface area contributed by atoms with Crippen molar-refractivity contribution in [3.05, 3.63) is 29.8 Å². The van der Waals surface area contributed by atoms with Gasteiger partial charge in [-0.3, -0.25) is 4.72 Å². The summed E-state index contributed by atoms with van der Waals surface area (Å²) in [4.78, 5) is 0. The van der Waals surface area contributed by atoms with E-state index in [9.17, 15) is 8.42 Å². The Morgan fingerprint density at radius 2 is 2.07 bits per heavy atom. The highest BCUT2D eigenvalue weighted by Gasteiger charge is 2.10. The van der Waals surface area contributed by atoms with E-state index in [1.54, 1.807) is 19.2 Å². The molecule has 0 fully saturated rings. The number of halogens is 1. The van der Waals surface area contributed by atoms with Crippen molar-refractivity contribution in [3.63, 3.8) is 0 Å². The number of sulfonamides is 1. The van der Waals surface area contributed by atoms with Gasteiger partial charge in [-0.15, -0.1) is 0 Å². The van der Waals surface area contributed by atoms with E-state index < -0.39 is 10.0 Å². The van der Waals surface area contributed by atoms with E-state index in [0.717, 1.165) is 5.56 Å². The highest BCUT2D eigenvalue weighted by atomic mass is 79.9. The van der Waals surface area contributed by atoms with Gasteiger partial charge in [0.1, 0.15) is 4.66 Å². The fourth-order valence-electron chi connectivity index (χ4n) is 1.10. The van der Waals surface area contributed by atoms with Crippen molar-refractivity contribution in [1.82, 2.24) is 0 Å². The van der Waals surface area contributed by atoms with Gasteiger partial charge in [-0.25, -0.2) is 8.42 Å². The Hall–Kier alpha value is -0.590.